The number of aliphatic hydroxyl groups excluding tert-OH is 2. The van der Waals surface area contributed by atoms with Gasteiger partial charge in [-0.15, -0.1) is 0 Å². The van der Waals surface area contributed by atoms with Crippen LogP contribution in [0, 0.1) is 28.6 Å². The average molecular weight is 449 g/mol. The number of halogens is 1. The number of alkyl halides is 1. The Morgan fingerprint density at radius 1 is 1.28 bits per heavy atom. The van der Waals surface area contributed by atoms with E-state index >= 15 is 4.39 Å². The van der Waals surface area contributed by atoms with Gasteiger partial charge in [0.25, 0.3) is 0 Å². The Morgan fingerprint density at radius 2 is 1.97 bits per heavy atom. The van der Waals surface area contributed by atoms with Gasteiger partial charge in [0.05, 0.1) is 6.10 Å². The molecule has 32 heavy (non-hydrogen) atoms. The highest BCUT2D eigenvalue weighted by Gasteiger charge is 2.77. The molecule has 3 saturated carbocycles. The topological polar surface area (TPSA) is 101 Å². The van der Waals surface area contributed by atoms with Gasteiger partial charge in [0.15, 0.2) is 17.1 Å². The monoisotopic (exact) mass is 448 g/mol. The second-order valence-electron chi connectivity index (χ2n) is 10.5. The predicted octanol–water partition coefficient (Wildman–Crippen LogP) is 2.86. The van der Waals surface area contributed by atoms with Gasteiger partial charge in [-0.25, -0.2) is 4.39 Å². The molecule has 6 nitrogen and oxygen atoms in total. The van der Waals surface area contributed by atoms with E-state index in [-0.39, 0.29) is 24.5 Å². The lowest BCUT2D eigenvalue weighted by Gasteiger charge is -2.62. The molecule has 4 aliphatic rings. The van der Waals surface area contributed by atoms with Gasteiger partial charge in [-0.1, -0.05) is 32.4 Å². The second kappa shape index (κ2) is 7.32. The molecule has 3 fully saturated rings. The van der Waals surface area contributed by atoms with E-state index in [9.17, 15) is 24.6 Å². The SMILES string of the molecule is CCC(=O)O[C@]1(C(=O)CO)[C@@H](C)CC2C3CCC4=CC(=O)C=C[C@]4(C)[C@@]3(F)[C@@H](O)C[C@@]21C. The summed E-state index contributed by atoms with van der Waals surface area (Å²) < 4.78 is 23.0. The van der Waals surface area contributed by atoms with Crippen LogP contribution in [0.2, 0.25) is 0 Å². The van der Waals surface area contributed by atoms with Crippen molar-refractivity contribution in [1.29, 1.82) is 0 Å². The fourth-order valence-corrected chi connectivity index (χ4v) is 7.77. The van der Waals surface area contributed by atoms with Crippen molar-refractivity contribution in [2.75, 3.05) is 6.61 Å². The number of carbonyl (C=O) groups excluding carboxylic acids is 3. The highest BCUT2D eigenvalue weighted by molar-refractivity contribution is 6.01. The maximum absolute atomic E-state index is 17.2. The second-order valence-corrected chi connectivity index (χ2v) is 10.5. The minimum Gasteiger partial charge on any atom is -0.450 e. The molecule has 0 saturated heterocycles. The van der Waals surface area contributed by atoms with Crippen molar-refractivity contribution in [2.24, 2.45) is 28.6 Å². The maximum Gasteiger partial charge on any atom is 0.306 e. The molecule has 2 unspecified atom stereocenters. The number of esters is 1. The van der Waals surface area contributed by atoms with Crippen LogP contribution >= 0.6 is 0 Å². The largest absolute Gasteiger partial charge is 0.450 e. The molecule has 0 aromatic rings. The van der Waals surface area contributed by atoms with E-state index in [1.165, 1.54) is 12.2 Å². The molecule has 0 spiro atoms. The average Bonchev–Trinajstić information content (AvgIpc) is 2.96. The van der Waals surface area contributed by atoms with Crippen molar-refractivity contribution < 1.29 is 33.7 Å². The van der Waals surface area contributed by atoms with E-state index in [1.807, 2.05) is 0 Å². The number of hydrogen-bond acceptors (Lipinski definition) is 6. The lowest BCUT2D eigenvalue weighted by Crippen LogP contribution is -2.70. The highest BCUT2D eigenvalue weighted by Crippen LogP contribution is 2.71. The summed E-state index contributed by atoms with van der Waals surface area (Å²) >= 11 is 0. The first-order valence-electron chi connectivity index (χ1n) is 11.6. The van der Waals surface area contributed by atoms with Crippen LogP contribution in [-0.4, -0.2) is 51.7 Å². The Labute approximate surface area is 187 Å². The fraction of sp³-hybridized carbons (Fsp3) is 0.720. The standard InChI is InChI=1S/C25H33FO6/c1-5-21(31)32-25(20(30)13-27)14(2)10-18-17-7-6-15-11-16(28)8-9-22(15,3)24(17,26)19(29)12-23(18,25)4/h8-9,11,14,17-19,27,29H,5-7,10,12-13H2,1-4H3/t14-,17?,18?,19-,22-,23-,24-,25-/m0/s1. The lowest BCUT2D eigenvalue weighted by atomic mass is 9.44. The van der Waals surface area contributed by atoms with E-state index in [4.69, 9.17) is 4.74 Å². The number of carbonyl (C=O) groups is 3. The van der Waals surface area contributed by atoms with Crippen molar-refractivity contribution >= 4 is 17.5 Å². The molecule has 7 heteroatoms. The number of ketones is 2. The van der Waals surface area contributed by atoms with Crippen LogP contribution in [0.25, 0.3) is 0 Å². The number of allylic oxidation sites excluding steroid dienone is 4. The van der Waals surface area contributed by atoms with Gasteiger partial charge in [0.2, 0.25) is 5.78 Å². The Bertz CT molecular complexity index is 925. The van der Waals surface area contributed by atoms with Gasteiger partial charge in [0, 0.05) is 29.1 Å². The molecule has 0 amide bonds. The van der Waals surface area contributed by atoms with Crippen molar-refractivity contribution in [2.45, 2.75) is 77.2 Å². The molecule has 0 bridgehead atoms. The van der Waals surface area contributed by atoms with Gasteiger partial charge < -0.3 is 14.9 Å². The Kier molecular flexibility index (Phi) is 5.33. The van der Waals surface area contributed by atoms with Crippen molar-refractivity contribution in [3.8, 4) is 0 Å². The normalized spacial score (nSPS) is 47.2. The minimum atomic E-state index is -2.02. The number of rotatable bonds is 4. The summed E-state index contributed by atoms with van der Waals surface area (Å²) in [4.78, 5) is 37.5. The van der Waals surface area contributed by atoms with Crippen molar-refractivity contribution in [1.82, 2.24) is 0 Å². The van der Waals surface area contributed by atoms with Crippen LogP contribution in [0.3, 0.4) is 0 Å². The molecule has 176 valence electrons. The summed E-state index contributed by atoms with van der Waals surface area (Å²) in [6.45, 7) is 6.19. The summed E-state index contributed by atoms with van der Waals surface area (Å²) in [7, 11) is 0. The zero-order valence-electron chi connectivity index (χ0n) is 19.2. The molecule has 4 rings (SSSR count). The van der Waals surface area contributed by atoms with Crippen LogP contribution in [-0.2, 0) is 19.1 Å². The summed E-state index contributed by atoms with van der Waals surface area (Å²) in [6.07, 6.45) is 4.38. The van der Waals surface area contributed by atoms with E-state index in [0.29, 0.717) is 24.8 Å². The van der Waals surface area contributed by atoms with Gasteiger partial charge in [-0.3, -0.25) is 14.4 Å². The number of ether oxygens (including phenoxy) is 1. The minimum absolute atomic E-state index is 0.0675. The van der Waals surface area contributed by atoms with Crippen LogP contribution in [0.1, 0.15) is 59.8 Å². The van der Waals surface area contributed by atoms with Gasteiger partial charge in [0.1, 0.15) is 6.61 Å². The summed E-state index contributed by atoms with van der Waals surface area (Å²) in [5, 5.41) is 21.2. The van der Waals surface area contributed by atoms with Gasteiger partial charge >= 0.3 is 5.97 Å². The Hall–Kier alpha value is -1.86. The molecule has 0 heterocycles. The molecule has 0 aliphatic heterocycles. The zero-order valence-corrected chi connectivity index (χ0v) is 19.2. The van der Waals surface area contributed by atoms with Crippen molar-refractivity contribution in [3.63, 3.8) is 0 Å². The Balaban J connectivity index is 1.85. The third-order valence-corrected chi connectivity index (χ3v) is 9.30. The third-order valence-electron chi connectivity index (χ3n) is 9.30. The third kappa shape index (κ3) is 2.61. The van der Waals surface area contributed by atoms with E-state index < -0.39 is 58.4 Å². The first kappa shape index (κ1) is 23.3. The number of Topliss-reactive ketones (excluding diaryl/α,β-unsaturated/α-hetero) is 1. The smallest absolute Gasteiger partial charge is 0.306 e. The van der Waals surface area contributed by atoms with Crippen LogP contribution in [0.15, 0.2) is 23.8 Å². The van der Waals surface area contributed by atoms with E-state index in [2.05, 4.69) is 0 Å². The van der Waals surface area contributed by atoms with E-state index in [0.717, 1.165) is 0 Å². The first-order valence-corrected chi connectivity index (χ1v) is 11.6. The molecular weight excluding hydrogens is 415 g/mol. The molecule has 0 aromatic carbocycles. The van der Waals surface area contributed by atoms with Gasteiger partial charge in [-0.05, 0) is 50.7 Å². The lowest BCUT2D eigenvalue weighted by molar-refractivity contribution is -0.228. The van der Waals surface area contributed by atoms with Crippen molar-refractivity contribution in [3.05, 3.63) is 23.8 Å². The number of fused-ring (bicyclic) bond motifs is 5. The van der Waals surface area contributed by atoms with Crippen LogP contribution in [0.4, 0.5) is 4.39 Å². The molecule has 0 radical (unpaired) electrons. The van der Waals surface area contributed by atoms with Crippen LogP contribution < -0.4 is 0 Å². The maximum atomic E-state index is 17.2. The predicted molar refractivity (Wildman–Crippen MR) is 114 cm³/mol. The zero-order chi connectivity index (χ0) is 23.7. The summed E-state index contributed by atoms with van der Waals surface area (Å²) in [6, 6.07) is 0. The quantitative estimate of drug-likeness (QED) is 0.642. The molecule has 0 aromatic heterocycles. The fourth-order valence-electron chi connectivity index (χ4n) is 7.77. The highest BCUT2D eigenvalue weighted by atomic mass is 19.1. The number of aliphatic hydroxyl groups is 2. The Morgan fingerprint density at radius 3 is 2.59 bits per heavy atom. The number of hydrogen-bond donors (Lipinski definition) is 2. The molecule has 4 aliphatic carbocycles. The summed E-state index contributed by atoms with van der Waals surface area (Å²) in [5.74, 6) is -2.69. The first-order chi connectivity index (χ1) is 14.9. The summed E-state index contributed by atoms with van der Waals surface area (Å²) in [5.41, 5.74) is -5.10. The van der Waals surface area contributed by atoms with Gasteiger partial charge in [-0.2, -0.15) is 0 Å². The molecule has 8 atom stereocenters. The van der Waals surface area contributed by atoms with Crippen LogP contribution in [0.5, 0.6) is 0 Å². The molecule has 2 N–H and O–H groups in total. The van der Waals surface area contributed by atoms with E-state index in [1.54, 1.807) is 33.8 Å². The molecular formula is C25H33FO6.